The molecule has 0 heterocycles. The molecule has 0 aromatic heterocycles. The van der Waals surface area contributed by atoms with Gasteiger partial charge in [-0.2, -0.15) is 0 Å². The highest BCUT2D eigenvalue weighted by Crippen LogP contribution is 2.29. The molecular weight excluding hydrogens is 280 g/mol. The van der Waals surface area contributed by atoms with Crippen molar-refractivity contribution in [1.82, 2.24) is 0 Å². The molecule has 1 fully saturated rings. The first-order valence-corrected chi connectivity index (χ1v) is 6.92. The van der Waals surface area contributed by atoms with Crippen molar-refractivity contribution >= 4 is 21.7 Å². The lowest BCUT2D eigenvalue weighted by atomic mass is 9.83. The number of rotatable bonds is 6. The summed E-state index contributed by atoms with van der Waals surface area (Å²) < 4.78 is 6.28. The predicted molar refractivity (Wildman–Crippen MR) is 71.2 cm³/mol. The number of hydrogen-bond acceptors (Lipinski definition) is 2. The van der Waals surface area contributed by atoms with E-state index < -0.39 is 0 Å². The van der Waals surface area contributed by atoms with Gasteiger partial charge < -0.3 is 4.74 Å². The topological polar surface area (TPSA) is 26.3 Å². The van der Waals surface area contributed by atoms with Crippen LogP contribution in [-0.2, 0) is 4.74 Å². The van der Waals surface area contributed by atoms with E-state index in [9.17, 15) is 4.79 Å². The molecular formula is C14H17BrO2. The second kappa shape index (κ2) is 6.31. The van der Waals surface area contributed by atoms with Gasteiger partial charge in [-0.25, -0.2) is 0 Å². The van der Waals surface area contributed by atoms with Gasteiger partial charge in [-0.3, -0.25) is 4.79 Å². The molecule has 92 valence electrons. The van der Waals surface area contributed by atoms with E-state index in [1.165, 1.54) is 19.3 Å². The van der Waals surface area contributed by atoms with Crippen LogP contribution in [0.15, 0.2) is 28.7 Å². The van der Waals surface area contributed by atoms with Crippen LogP contribution in [-0.4, -0.2) is 19.0 Å². The third-order valence-corrected chi connectivity index (χ3v) is 3.99. The number of carbonyl (C=O) groups is 1. The molecule has 0 radical (unpaired) electrons. The molecule has 1 aromatic rings. The number of halogens is 1. The number of hydrogen-bond donors (Lipinski definition) is 0. The predicted octanol–water partition coefficient (Wildman–Crippen LogP) is 3.84. The molecule has 1 aromatic carbocycles. The fourth-order valence-electron chi connectivity index (χ4n) is 1.96. The lowest BCUT2D eigenvalue weighted by Gasteiger charge is -2.24. The Labute approximate surface area is 110 Å². The van der Waals surface area contributed by atoms with E-state index in [0.717, 1.165) is 16.8 Å². The van der Waals surface area contributed by atoms with Crippen molar-refractivity contribution in [3.63, 3.8) is 0 Å². The third kappa shape index (κ3) is 3.65. The zero-order valence-corrected chi connectivity index (χ0v) is 11.4. The molecule has 0 spiro atoms. The molecule has 0 atom stereocenters. The van der Waals surface area contributed by atoms with Gasteiger partial charge in [0.15, 0.2) is 5.78 Å². The van der Waals surface area contributed by atoms with Gasteiger partial charge in [-0.15, -0.1) is 0 Å². The molecule has 0 saturated heterocycles. The van der Waals surface area contributed by atoms with Crippen LogP contribution in [0.1, 0.15) is 36.0 Å². The molecule has 0 amide bonds. The van der Waals surface area contributed by atoms with Crippen LogP contribution >= 0.6 is 15.9 Å². The van der Waals surface area contributed by atoms with E-state index in [-0.39, 0.29) is 12.4 Å². The van der Waals surface area contributed by atoms with Crippen LogP contribution < -0.4 is 0 Å². The summed E-state index contributed by atoms with van der Waals surface area (Å²) in [5.74, 6) is 0.889. The van der Waals surface area contributed by atoms with Crippen LogP contribution in [0.5, 0.6) is 0 Å². The lowest BCUT2D eigenvalue weighted by molar-refractivity contribution is 0.0704. The van der Waals surface area contributed by atoms with Crippen molar-refractivity contribution in [2.45, 2.75) is 25.7 Å². The maximum atomic E-state index is 11.8. The van der Waals surface area contributed by atoms with Gasteiger partial charge in [0.25, 0.3) is 0 Å². The lowest BCUT2D eigenvalue weighted by Crippen LogP contribution is -2.16. The standard InChI is InChI=1S/C14H17BrO2/c15-13-7-2-1-6-12(13)14(16)10-17-9-8-11-4-3-5-11/h1-2,6-7,11H,3-5,8-10H2. The Kier molecular flexibility index (Phi) is 4.75. The maximum absolute atomic E-state index is 11.8. The first-order valence-electron chi connectivity index (χ1n) is 6.13. The summed E-state index contributed by atoms with van der Waals surface area (Å²) in [4.78, 5) is 11.8. The number of carbonyl (C=O) groups excluding carboxylic acids is 1. The Balaban J connectivity index is 1.71. The van der Waals surface area contributed by atoms with Gasteiger partial charge in [0.2, 0.25) is 0 Å². The number of ether oxygens (including phenoxy) is 1. The summed E-state index contributed by atoms with van der Waals surface area (Å²) in [6, 6.07) is 7.47. The van der Waals surface area contributed by atoms with E-state index in [1.54, 1.807) is 0 Å². The number of ketones is 1. The van der Waals surface area contributed by atoms with Crippen molar-refractivity contribution in [1.29, 1.82) is 0 Å². The first kappa shape index (κ1) is 12.8. The summed E-state index contributed by atoms with van der Waals surface area (Å²) in [6.07, 6.45) is 5.13. The van der Waals surface area contributed by atoms with Crippen molar-refractivity contribution in [3.05, 3.63) is 34.3 Å². The van der Waals surface area contributed by atoms with Gasteiger partial charge in [0, 0.05) is 16.6 Å². The maximum Gasteiger partial charge on any atom is 0.189 e. The zero-order chi connectivity index (χ0) is 12.1. The second-order valence-electron chi connectivity index (χ2n) is 4.54. The molecule has 1 aliphatic rings. The van der Waals surface area contributed by atoms with E-state index in [4.69, 9.17) is 4.74 Å². The van der Waals surface area contributed by atoms with Crippen molar-refractivity contribution < 1.29 is 9.53 Å². The summed E-state index contributed by atoms with van der Waals surface area (Å²) in [5, 5.41) is 0. The Morgan fingerprint density at radius 1 is 1.35 bits per heavy atom. The van der Waals surface area contributed by atoms with Crippen molar-refractivity contribution in [2.24, 2.45) is 5.92 Å². The van der Waals surface area contributed by atoms with E-state index in [0.29, 0.717) is 12.2 Å². The Hall–Kier alpha value is -0.670. The summed E-state index contributed by atoms with van der Waals surface area (Å²) in [7, 11) is 0. The molecule has 0 N–H and O–H groups in total. The third-order valence-electron chi connectivity index (χ3n) is 3.30. The van der Waals surface area contributed by atoms with Crippen LogP contribution in [0.4, 0.5) is 0 Å². The molecule has 1 saturated carbocycles. The monoisotopic (exact) mass is 296 g/mol. The fourth-order valence-corrected chi connectivity index (χ4v) is 2.47. The molecule has 0 unspecified atom stereocenters. The molecule has 1 aliphatic carbocycles. The summed E-state index contributed by atoms with van der Waals surface area (Å²) >= 11 is 3.37. The Morgan fingerprint density at radius 2 is 2.12 bits per heavy atom. The number of Topliss-reactive ketones (excluding diaryl/α,β-unsaturated/α-hetero) is 1. The summed E-state index contributed by atoms with van der Waals surface area (Å²) in [6.45, 7) is 0.899. The normalized spacial score (nSPS) is 15.6. The largest absolute Gasteiger partial charge is 0.373 e. The Bertz CT molecular complexity index is 386. The van der Waals surface area contributed by atoms with E-state index >= 15 is 0 Å². The Morgan fingerprint density at radius 3 is 2.76 bits per heavy atom. The first-order chi connectivity index (χ1) is 8.27. The van der Waals surface area contributed by atoms with Crippen molar-refractivity contribution in [2.75, 3.05) is 13.2 Å². The molecule has 0 aliphatic heterocycles. The SMILES string of the molecule is O=C(COCCC1CCC1)c1ccccc1Br. The van der Waals surface area contributed by atoms with Crippen molar-refractivity contribution in [3.8, 4) is 0 Å². The van der Waals surface area contributed by atoms with Gasteiger partial charge in [0.05, 0.1) is 0 Å². The minimum atomic E-state index is 0.0473. The quantitative estimate of drug-likeness (QED) is 0.589. The van der Waals surface area contributed by atoms with Crippen LogP contribution in [0.3, 0.4) is 0 Å². The second-order valence-corrected chi connectivity index (χ2v) is 5.40. The van der Waals surface area contributed by atoms with Gasteiger partial charge in [-0.1, -0.05) is 53.4 Å². The van der Waals surface area contributed by atoms with Gasteiger partial charge in [0.1, 0.15) is 6.61 Å². The van der Waals surface area contributed by atoms with E-state index in [2.05, 4.69) is 15.9 Å². The molecule has 3 heteroatoms. The van der Waals surface area contributed by atoms with Gasteiger partial charge >= 0.3 is 0 Å². The average molecular weight is 297 g/mol. The van der Waals surface area contributed by atoms with Gasteiger partial charge in [-0.05, 0) is 18.4 Å². The molecule has 17 heavy (non-hydrogen) atoms. The molecule has 2 nitrogen and oxygen atoms in total. The minimum Gasteiger partial charge on any atom is -0.373 e. The highest BCUT2D eigenvalue weighted by atomic mass is 79.9. The van der Waals surface area contributed by atoms with Crippen LogP contribution in [0, 0.1) is 5.92 Å². The highest BCUT2D eigenvalue weighted by molar-refractivity contribution is 9.10. The minimum absolute atomic E-state index is 0.0473. The smallest absolute Gasteiger partial charge is 0.189 e. The number of benzene rings is 1. The summed E-state index contributed by atoms with van der Waals surface area (Å²) in [5.41, 5.74) is 0.705. The zero-order valence-electron chi connectivity index (χ0n) is 9.82. The van der Waals surface area contributed by atoms with Crippen LogP contribution in [0.25, 0.3) is 0 Å². The highest BCUT2D eigenvalue weighted by Gasteiger charge is 2.17. The molecule has 0 bridgehead atoms. The average Bonchev–Trinajstić information content (AvgIpc) is 2.26. The molecule has 2 rings (SSSR count). The van der Waals surface area contributed by atoms with Crippen LogP contribution in [0.2, 0.25) is 0 Å². The fraction of sp³-hybridized carbons (Fsp3) is 0.500. The van der Waals surface area contributed by atoms with E-state index in [1.807, 2.05) is 24.3 Å².